The molecule has 0 radical (unpaired) electrons. The molecule has 0 atom stereocenters. The summed E-state index contributed by atoms with van der Waals surface area (Å²) in [6.45, 7) is 1.46. The third kappa shape index (κ3) is 2.22. The Kier molecular flexibility index (Phi) is 3.81. The predicted molar refractivity (Wildman–Crippen MR) is 68.5 cm³/mol. The number of hydrogen-bond donors (Lipinski definition) is 1. The molecule has 1 aliphatic rings. The lowest BCUT2D eigenvalue weighted by atomic mass is 9.68. The highest BCUT2D eigenvalue weighted by atomic mass is 35.5. The molecule has 0 spiro atoms. The molecule has 0 amide bonds. The Labute approximate surface area is 115 Å². The molecule has 2 nitrogen and oxygen atoms in total. The molecule has 104 valence electrons. The van der Waals surface area contributed by atoms with Gasteiger partial charge in [0.05, 0.1) is 10.4 Å². The minimum atomic E-state index is -1.48. The summed E-state index contributed by atoms with van der Waals surface area (Å²) in [7, 11) is 0. The Morgan fingerprint density at radius 1 is 1.26 bits per heavy atom. The summed E-state index contributed by atoms with van der Waals surface area (Å²) in [6, 6.07) is 1.19. The van der Waals surface area contributed by atoms with Crippen molar-refractivity contribution in [1.29, 1.82) is 0 Å². The fourth-order valence-corrected chi connectivity index (χ4v) is 3.13. The minimum Gasteiger partial charge on any atom is -0.481 e. The zero-order chi connectivity index (χ0) is 14.2. The highest BCUT2D eigenvalue weighted by Gasteiger charge is 2.46. The number of benzene rings is 1. The van der Waals surface area contributed by atoms with Crippen molar-refractivity contribution in [1.82, 2.24) is 0 Å². The van der Waals surface area contributed by atoms with Crippen molar-refractivity contribution in [3.8, 4) is 0 Å². The van der Waals surface area contributed by atoms with Crippen molar-refractivity contribution in [2.75, 3.05) is 0 Å². The topological polar surface area (TPSA) is 37.3 Å². The molecule has 0 saturated heterocycles. The summed E-state index contributed by atoms with van der Waals surface area (Å²) in [5.74, 6) is -2.90. The molecule has 19 heavy (non-hydrogen) atoms. The molecular weight excluding hydrogens is 274 g/mol. The molecule has 1 aliphatic carbocycles. The predicted octanol–water partition coefficient (Wildman–Crippen LogP) is 4.21. The maximum atomic E-state index is 14.3. The van der Waals surface area contributed by atoms with E-state index in [-0.39, 0.29) is 29.0 Å². The van der Waals surface area contributed by atoms with Gasteiger partial charge in [-0.25, -0.2) is 8.78 Å². The Morgan fingerprint density at radius 2 is 1.84 bits per heavy atom. The molecule has 1 N–H and O–H groups in total. The van der Waals surface area contributed by atoms with E-state index in [9.17, 15) is 18.7 Å². The van der Waals surface area contributed by atoms with E-state index in [1.54, 1.807) is 0 Å². The second-order valence-corrected chi connectivity index (χ2v) is 5.53. The van der Waals surface area contributed by atoms with Gasteiger partial charge in [0.2, 0.25) is 0 Å². The summed E-state index contributed by atoms with van der Waals surface area (Å²) >= 11 is 5.74. The molecule has 0 unspecified atom stereocenters. The van der Waals surface area contributed by atoms with Crippen LogP contribution in [0.3, 0.4) is 0 Å². The molecule has 1 saturated carbocycles. The lowest BCUT2D eigenvalue weighted by Crippen LogP contribution is -2.39. The van der Waals surface area contributed by atoms with Gasteiger partial charge in [0, 0.05) is 5.56 Å². The first kappa shape index (κ1) is 14.3. The normalized spacial score (nSPS) is 18.3. The van der Waals surface area contributed by atoms with Crippen LogP contribution in [0.15, 0.2) is 6.07 Å². The van der Waals surface area contributed by atoms with Gasteiger partial charge in [-0.05, 0) is 31.4 Å². The number of rotatable bonds is 2. The van der Waals surface area contributed by atoms with Crippen LogP contribution >= 0.6 is 11.6 Å². The van der Waals surface area contributed by atoms with Crippen LogP contribution in [0.4, 0.5) is 8.78 Å². The molecule has 1 fully saturated rings. The Hall–Kier alpha value is -1.16. The van der Waals surface area contributed by atoms with Gasteiger partial charge in [0.1, 0.15) is 11.6 Å². The average Bonchev–Trinajstić information content (AvgIpc) is 2.37. The van der Waals surface area contributed by atoms with Crippen LogP contribution in [0.2, 0.25) is 5.02 Å². The van der Waals surface area contributed by atoms with Gasteiger partial charge in [0.25, 0.3) is 0 Å². The lowest BCUT2D eigenvalue weighted by Gasteiger charge is -2.34. The van der Waals surface area contributed by atoms with Crippen LogP contribution in [0.1, 0.15) is 43.2 Å². The zero-order valence-corrected chi connectivity index (χ0v) is 11.4. The van der Waals surface area contributed by atoms with E-state index in [0.717, 1.165) is 6.42 Å². The average molecular weight is 289 g/mol. The van der Waals surface area contributed by atoms with Crippen molar-refractivity contribution in [3.05, 3.63) is 33.9 Å². The largest absolute Gasteiger partial charge is 0.481 e. The Bertz CT molecular complexity index is 496. The summed E-state index contributed by atoms with van der Waals surface area (Å²) in [5.41, 5.74) is -1.68. The van der Waals surface area contributed by atoms with Crippen molar-refractivity contribution >= 4 is 17.6 Å². The van der Waals surface area contributed by atoms with E-state index in [0.29, 0.717) is 12.8 Å². The first-order valence-electron chi connectivity index (χ1n) is 6.28. The summed E-state index contributed by atoms with van der Waals surface area (Å²) < 4.78 is 28.5. The van der Waals surface area contributed by atoms with Crippen LogP contribution in [0, 0.1) is 18.6 Å². The maximum absolute atomic E-state index is 14.3. The van der Waals surface area contributed by atoms with Crippen LogP contribution in [0.5, 0.6) is 0 Å². The number of halogens is 3. The molecule has 2 rings (SSSR count). The number of carboxylic acid groups (broad SMARTS) is 1. The standard InChI is InChI=1S/C14H15ClF2O2/c1-8-7-9(15)12(17)10(11(8)16)14(13(18)19)5-3-2-4-6-14/h7H,2-6H2,1H3,(H,18,19). The molecule has 1 aromatic carbocycles. The number of aliphatic carboxylic acids is 1. The van der Waals surface area contributed by atoms with Gasteiger partial charge in [-0.1, -0.05) is 30.9 Å². The van der Waals surface area contributed by atoms with E-state index in [2.05, 4.69) is 0 Å². The van der Waals surface area contributed by atoms with Gasteiger partial charge >= 0.3 is 5.97 Å². The number of aryl methyl sites for hydroxylation is 1. The molecule has 0 aromatic heterocycles. The van der Waals surface area contributed by atoms with Gasteiger partial charge in [-0.2, -0.15) is 0 Å². The summed E-state index contributed by atoms with van der Waals surface area (Å²) in [5, 5.41) is 9.27. The SMILES string of the molecule is Cc1cc(Cl)c(F)c(C2(C(=O)O)CCCCC2)c1F. The number of carboxylic acids is 1. The number of hydrogen-bond acceptors (Lipinski definition) is 1. The van der Waals surface area contributed by atoms with E-state index in [4.69, 9.17) is 11.6 Å². The Balaban J connectivity index is 2.70. The van der Waals surface area contributed by atoms with Crippen molar-refractivity contribution in [3.63, 3.8) is 0 Å². The van der Waals surface area contributed by atoms with Gasteiger partial charge in [0.15, 0.2) is 0 Å². The highest BCUT2D eigenvalue weighted by molar-refractivity contribution is 6.30. The highest BCUT2D eigenvalue weighted by Crippen LogP contribution is 2.43. The number of carbonyl (C=O) groups is 1. The van der Waals surface area contributed by atoms with Crippen molar-refractivity contribution in [2.45, 2.75) is 44.4 Å². The van der Waals surface area contributed by atoms with E-state index < -0.39 is 23.0 Å². The maximum Gasteiger partial charge on any atom is 0.314 e. The molecule has 5 heteroatoms. The molecule has 0 bridgehead atoms. The lowest BCUT2D eigenvalue weighted by molar-refractivity contribution is -0.145. The van der Waals surface area contributed by atoms with Crippen LogP contribution in [0.25, 0.3) is 0 Å². The van der Waals surface area contributed by atoms with Gasteiger partial charge in [-0.15, -0.1) is 0 Å². The molecule has 0 heterocycles. The van der Waals surface area contributed by atoms with Crippen LogP contribution < -0.4 is 0 Å². The zero-order valence-electron chi connectivity index (χ0n) is 10.6. The van der Waals surface area contributed by atoms with Crippen LogP contribution in [-0.2, 0) is 10.2 Å². The van der Waals surface area contributed by atoms with E-state index in [1.165, 1.54) is 13.0 Å². The molecule has 0 aliphatic heterocycles. The summed E-state index contributed by atoms with van der Waals surface area (Å²) in [6.07, 6.45) is 2.68. The Morgan fingerprint density at radius 3 is 2.37 bits per heavy atom. The fourth-order valence-electron chi connectivity index (χ4n) is 2.88. The van der Waals surface area contributed by atoms with Crippen LogP contribution in [-0.4, -0.2) is 11.1 Å². The third-order valence-electron chi connectivity index (χ3n) is 3.93. The van der Waals surface area contributed by atoms with E-state index >= 15 is 0 Å². The minimum absolute atomic E-state index is 0.174. The molecular formula is C14H15ClF2O2. The van der Waals surface area contributed by atoms with Gasteiger partial charge in [-0.3, -0.25) is 4.79 Å². The van der Waals surface area contributed by atoms with Crippen molar-refractivity contribution < 1.29 is 18.7 Å². The second kappa shape index (κ2) is 5.08. The summed E-state index contributed by atoms with van der Waals surface area (Å²) in [4.78, 5) is 11.6. The third-order valence-corrected chi connectivity index (χ3v) is 4.21. The first-order chi connectivity index (χ1) is 8.90. The molecule has 1 aromatic rings. The monoisotopic (exact) mass is 288 g/mol. The van der Waals surface area contributed by atoms with Gasteiger partial charge < -0.3 is 5.11 Å². The quantitative estimate of drug-likeness (QED) is 0.828. The second-order valence-electron chi connectivity index (χ2n) is 5.13. The van der Waals surface area contributed by atoms with E-state index in [1.807, 2.05) is 0 Å². The first-order valence-corrected chi connectivity index (χ1v) is 6.66. The van der Waals surface area contributed by atoms with Crippen molar-refractivity contribution in [2.24, 2.45) is 0 Å². The fraction of sp³-hybridized carbons (Fsp3) is 0.500. The smallest absolute Gasteiger partial charge is 0.314 e.